The van der Waals surface area contributed by atoms with Crippen LogP contribution in [0.5, 0.6) is 5.75 Å². The van der Waals surface area contributed by atoms with Gasteiger partial charge in [-0.1, -0.05) is 18.2 Å². The predicted molar refractivity (Wildman–Crippen MR) is 93.3 cm³/mol. The van der Waals surface area contributed by atoms with Crippen LogP contribution < -0.4 is 4.74 Å². The Labute approximate surface area is 144 Å². The SMILES string of the molecule is COC1(COc2ccccc2C)CCN(CC(=O)N2CCCC2)C1. The van der Waals surface area contributed by atoms with E-state index in [0.717, 1.165) is 56.8 Å². The summed E-state index contributed by atoms with van der Waals surface area (Å²) in [6.07, 6.45) is 3.17. The highest BCUT2D eigenvalue weighted by atomic mass is 16.5. The highest BCUT2D eigenvalue weighted by molar-refractivity contribution is 5.78. The van der Waals surface area contributed by atoms with Crippen molar-refractivity contribution in [1.82, 2.24) is 9.80 Å². The van der Waals surface area contributed by atoms with Gasteiger partial charge in [0.1, 0.15) is 18.0 Å². The molecule has 1 aromatic rings. The molecule has 0 aromatic heterocycles. The second-order valence-corrected chi connectivity index (χ2v) is 6.99. The summed E-state index contributed by atoms with van der Waals surface area (Å²) in [5, 5.41) is 0. The number of benzene rings is 1. The smallest absolute Gasteiger partial charge is 0.236 e. The first-order valence-electron chi connectivity index (χ1n) is 8.86. The first-order chi connectivity index (χ1) is 11.6. The van der Waals surface area contributed by atoms with E-state index < -0.39 is 0 Å². The van der Waals surface area contributed by atoms with E-state index in [1.54, 1.807) is 7.11 Å². The minimum atomic E-state index is -0.326. The Kier molecular flexibility index (Phi) is 5.41. The maximum Gasteiger partial charge on any atom is 0.236 e. The molecule has 2 aliphatic rings. The summed E-state index contributed by atoms with van der Waals surface area (Å²) in [6.45, 7) is 6.51. The van der Waals surface area contributed by atoms with E-state index in [1.165, 1.54) is 0 Å². The molecule has 0 spiro atoms. The fourth-order valence-corrected chi connectivity index (χ4v) is 3.59. The van der Waals surface area contributed by atoms with Gasteiger partial charge in [-0.15, -0.1) is 0 Å². The number of ether oxygens (including phenoxy) is 2. The number of likely N-dealkylation sites (tertiary alicyclic amines) is 2. The van der Waals surface area contributed by atoms with Gasteiger partial charge in [-0.05, 0) is 37.8 Å². The van der Waals surface area contributed by atoms with Crippen molar-refractivity contribution < 1.29 is 14.3 Å². The molecule has 5 heteroatoms. The van der Waals surface area contributed by atoms with Crippen LogP contribution in [0.1, 0.15) is 24.8 Å². The molecule has 2 fully saturated rings. The molecule has 132 valence electrons. The van der Waals surface area contributed by atoms with E-state index in [1.807, 2.05) is 36.1 Å². The third-order valence-corrected chi connectivity index (χ3v) is 5.23. The van der Waals surface area contributed by atoms with Gasteiger partial charge in [0.05, 0.1) is 6.54 Å². The molecule has 5 nitrogen and oxygen atoms in total. The second kappa shape index (κ2) is 7.53. The molecule has 0 radical (unpaired) electrons. The standard InChI is InChI=1S/C19H28N2O3/c1-16-7-3-4-8-17(16)24-15-19(23-2)9-12-20(14-19)13-18(22)21-10-5-6-11-21/h3-4,7-8H,5-6,9-15H2,1-2H3. The van der Waals surface area contributed by atoms with Gasteiger partial charge in [0.15, 0.2) is 0 Å². The Balaban J connectivity index is 1.54. The minimum Gasteiger partial charge on any atom is -0.490 e. The van der Waals surface area contributed by atoms with Crippen LogP contribution in [0, 0.1) is 6.92 Å². The largest absolute Gasteiger partial charge is 0.490 e. The fourth-order valence-electron chi connectivity index (χ4n) is 3.59. The van der Waals surface area contributed by atoms with Gasteiger partial charge in [0.2, 0.25) is 5.91 Å². The van der Waals surface area contributed by atoms with Crippen LogP contribution in [0.4, 0.5) is 0 Å². The fraction of sp³-hybridized carbons (Fsp3) is 0.632. The molecule has 2 heterocycles. The highest BCUT2D eigenvalue weighted by Crippen LogP contribution is 2.27. The average Bonchev–Trinajstić information content (AvgIpc) is 3.25. The van der Waals surface area contributed by atoms with Crippen LogP contribution in [0.2, 0.25) is 0 Å². The summed E-state index contributed by atoms with van der Waals surface area (Å²) < 4.78 is 11.8. The number of amides is 1. The van der Waals surface area contributed by atoms with Crippen LogP contribution >= 0.6 is 0 Å². The van der Waals surface area contributed by atoms with Gasteiger partial charge in [-0.2, -0.15) is 0 Å². The molecule has 2 aliphatic heterocycles. The third kappa shape index (κ3) is 3.90. The topological polar surface area (TPSA) is 42.0 Å². The number of hydrogen-bond acceptors (Lipinski definition) is 4. The van der Waals surface area contributed by atoms with Crippen molar-refractivity contribution in [2.24, 2.45) is 0 Å². The van der Waals surface area contributed by atoms with E-state index >= 15 is 0 Å². The zero-order valence-electron chi connectivity index (χ0n) is 14.8. The van der Waals surface area contributed by atoms with Crippen molar-refractivity contribution in [3.05, 3.63) is 29.8 Å². The first kappa shape index (κ1) is 17.2. The monoisotopic (exact) mass is 332 g/mol. The molecule has 3 rings (SSSR count). The number of para-hydroxylation sites is 1. The van der Waals surface area contributed by atoms with E-state index in [-0.39, 0.29) is 11.5 Å². The summed E-state index contributed by atoms with van der Waals surface area (Å²) in [5.41, 5.74) is 0.802. The van der Waals surface area contributed by atoms with Gasteiger partial charge in [0, 0.05) is 33.3 Å². The summed E-state index contributed by atoms with van der Waals surface area (Å²) in [7, 11) is 1.74. The molecular weight excluding hydrogens is 304 g/mol. The van der Waals surface area contributed by atoms with Crippen LogP contribution in [-0.4, -0.2) is 67.7 Å². The summed E-state index contributed by atoms with van der Waals surface area (Å²) >= 11 is 0. The maximum absolute atomic E-state index is 12.3. The summed E-state index contributed by atoms with van der Waals surface area (Å²) in [6, 6.07) is 8.03. The zero-order valence-corrected chi connectivity index (χ0v) is 14.8. The number of methoxy groups -OCH3 is 1. The van der Waals surface area contributed by atoms with Gasteiger partial charge in [0.25, 0.3) is 0 Å². The summed E-state index contributed by atoms with van der Waals surface area (Å²) in [5.74, 6) is 1.15. The van der Waals surface area contributed by atoms with Crippen molar-refractivity contribution in [1.29, 1.82) is 0 Å². The lowest BCUT2D eigenvalue weighted by molar-refractivity contribution is -0.131. The predicted octanol–water partition coefficient (Wildman–Crippen LogP) is 2.09. The van der Waals surface area contributed by atoms with Gasteiger partial charge in [-0.3, -0.25) is 9.69 Å². The Morgan fingerprint density at radius 2 is 1.96 bits per heavy atom. The molecule has 1 unspecified atom stereocenters. The van der Waals surface area contributed by atoms with Crippen molar-refractivity contribution in [2.45, 2.75) is 31.8 Å². The quantitative estimate of drug-likeness (QED) is 0.800. The number of aryl methyl sites for hydroxylation is 1. The molecule has 1 aromatic carbocycles. The number of rotatable bonds is 6. The van der Waals surface area contributed by atoms with Gasteiger partial charge >= 0.3 is 0 Å². The Bertz CT molecular complexity index is 571. The molecule has 0 N–H and O–H groups in total. The zero-order chi connectivity index (χ0) is 17.0. The summed E-state index contributed by atoms with van der Waals surface area (Å²) in [4.78, 5) is 16.5. The van der Waals surface area contributed by atoms with Crippen LogP contribution in [0.15, 0.2) is 24.3 Å². The molecule has 0 saturated carbocycles. The number of carbonyl (C=O) groups excluding carboxylic acids is 1. The van der Waals surface area contributed by atoms with E-state index in [2.05, 4.69) is 4.90 Å². The van der Waals surface area contributed by atoms with Crippen LogP contribution in [0.25, 0.3) is 0 Å². The number of hydrogen-bond donors (Lipinski definition) is 0. The van der Waals surface area contributed by atoms with E-state index in [4.69, 9.17) is 9.47 Å². The Morgan fingerprint density at radius 1 is 1.21 bits per heavy atom. The lowest BCUT2D eigenvalue weighted by Gasteiger charge is -2.28. The van der Waals surface area contributed by atoms with E-state index in [0.29, 0.717) is 13.2 Å². The Hall–Kier alpha value is -1.59. The molecule has 0 aliphatic carbocycles. The lowest BCUT2D eigenvalue weighted by Crippen LogP contribution is -2.44. The molecule has 1 atom stereocenters. The van der Waals surface area contributed by atoms with Crippen molar-refractivity contribution in [2.75, 3.05) is 46.4 Å². The molecule has 0 bridgehead atoms. The Morgan fingerprint density at radius 3 is 2.67 bits per heavy atom. The molecular formula is C19H28N2O3. The van der Waals surface area contributed by atoms with E-state index in [9.17, 15) is 4.79 Å². The third-order valence-electron chi connectivity index (χ3n) is 5.23. The van der Waals surface area contributed by atoms with Crippen molar-refractivity contribution in [3.8, 4) is 5.75 Å². The van der Waals surface area contributed by atoms with Crippen molar-refractivity contribution in [3.63, 3.8) is 0 Å². The maximum atomic E-state index is 12.3. The molecule has 2 saturated heterocycles. The lowest BCUT2D eigenvalue weighted by atomic mass is 10.0. The highest BCUT2D eigenvalue weighted by Gasteiger charge is 2.40. The number of nitrogens with zero attached hydrogens (tertiary/aromatic N) is 2. The number of carbonyl (C=O) groups is 1. The minimum absolute atomic E-state index is 0.249. The van der Waals surface area contributed by atoms with Crippen molar-refractivity contribution >= 4 is 5.91 Å². The molecule has 1 amide bonds. The molecule has 24 heavy (non-hydrogen) atoms. The second-order valence-electron chi connectivity index (χ2n) is 6.99. The van der Waals surface area contributed by atoms with Crippen LogP contribution in [-0.2, 0) is 9.53 Å². The average molecular weight is 332 g/mol. The van der Waals surface area contributed by atoms with Gasteiger partial charge < -0.3 is 14.4 Å². The normalized spacial score (nSPS) is 24.5. The van der Waals surface area contributed by atoms with Crippen LogP contribution in [0.3, 0.4) is 0 Å². The van der Waals surface area contributed by atoms with Gasteiger partial charge in [-0.25, -0.2) is 0 Å². The first-order valence-corrected chi connectivity index (χ1v) is 8.86.